The second-order valence-corrected chi connectivity index (χ2v) is 4.49. The van der Waals surface area contributed by atoms with Gasteiger partial charge in [0.05, 0.1) is 12.5 Å². The minimum absolute atomic E-state index is 0.0116. The maximum Gasteiger partial charge on any atom is 0.305 e. The van der Waals surface area contributed by atoms with Gasteiger partial charge in [-0.3, -0.25) is 9.59 Å². The van der Waals surface area contributed by atoms with Crippen LogP contribution in [0.5, 0.6) is 0 Å². The number of aliphatic carboxylic acids is 1. The average molecular weight is 243 g/mol. The number of hydrogen-bond acceptors (Lipinski definition) is 3. The lowest BCUT2D eigenvalue weighted by Gasteiger charge is -2.23. The summed E-state index contributed by atoms with van der Waals surface area (Å²) in [4.78, 5) is 24.4. The molecule has 1 fully saturated rings. The van der Waals surface area contributed by atoms with Gasteiger partial charge in [-0.25, -0.2) is 0 Å². The number of amides is 1. The summed E-state index contributed by atoms with van der Waals surface area (Å²) in [6.45, 7) is 2.56. The largest absolute Gasteiger partial charge is 0.481 e. The fourth-order valence-corrected chi connectivity index (χ4v) is 2.22. The van der Waals surface area contributed by atoms with E-state index in [9.17, 15) is 9.59 Å². The molecule has 1 aliphatic rings. The molecule has 5 heteroatoms. The standard InChI is InChI=1S/C12H21NO4/c1-3-4-5-11(14)13-8-10(17-2)6-9(13)7-12(15)16/h9-10H,3-8H2,1-2H3,(H,15,16). The maximum atomic E-state index is 11.9. The van der Waals surface area contributed by atoms with Gasteiger partial charge in [0.25, 0.3) is 0 Å². The van der Waals surface area contributed by atoms with Crippen LogP contribution in [0.3, 0.4) is 0 Å². The van der Waals surface area contributed by atoms with E-state index in [0.29, 0.717) is 19.4 Å². The molecule has 1 rings (SSSR count). The molecule has 0 aromatic carbocycles. The van der Waals surface area contributed by atoms with Crippen LogP contribution in [0.2, 0.25) is 0 Å². The Labute approximate surface area is 102 Å². The number of hydrogen-bond donors (Lipinski definition) is 1. The van der Waals surface area contributed by atoms with Crippen LogP contribution in [0.4, 0.5) is 0 Å². The zero-order chi connectivity index (χ0) is 12.8. The molecule has 0 spiro atoms. The highest BCUT2D eigenvalue weighted by Crippen LogP contribution is 2.23. The molecule has 0 saturated carbocycles. The third-order valence-corrected chi connectivity index (χ3v) is 3.18. The van der Waals surface area contributed by atoms with Crippen LogP contribution >= 0.6 is 0 Å². The second kappa shape index (κ2) is 6.59. The number of carboxylic acids is 1. The smallest absolute Gasteiger partial charge is 0.305 e. The van der Waals surface area contributed by atoms with Gasteiger partial charge >= 0.3 is 5.97 Å². The molecule has 0 aliphatic carbocycles. The zero-order valence-corrected chi connectivity index (χ0v) is 10.5. The van der Waals surface area contributed by atoms with Crippen LogP contribution in [-0.2, 0) is 14.3 Å². The molecule has 98 valence electrons. The predicted octanol–water partition coefficient (Wildman–Crippen LogP) is 1.27. The summed E-state index contributed by atoms with van der Waals surface area (Å²) in [5.41, 5.74) is 0. The Morgan fingerprint density at radius 2 is 2.18 bits per heavy atom. The fourth-order valence-electron chi connectivity index (χ4n) is 2.22. The number of carbonyl (C=O) groups excluding carboxylic acids is 1. The van der Waals surface area contributed by atoms with Crippen LogP contribution in [0.1, 0.15) is 39.0 Å². The van der Waals surface area contributed by atoms with Gasteiger partial charge in [0.2, 0.25) is 5.91 Å². The van der Waals surface area contributed by atoms with Crippen LogP contribution in [-0.4, -0.2) is 47.7 Å². The summed E-state index contributed by atoms with van der Waals surface area (Å²) < 4.78 is 5.22. The molecule has 5 nitrogen and oxygen atoms in total. The number of unbranched alkanes of at least 4 members (excludes halogenated alkanes) is 1. The van der Waals surface area contributed by atoms with E-state index in [1.54, 1.807) is 12.0 Å². The minimum atomic E-state index is -0.861. The molecule has 0 aromatic heterocycles. The van der Waals surface area contributed by atoms with Crippen LogP contribution in [0.15, 0.2) is 0 Å². The van der Waals surface area contributed by atoms with Crippen molar-refractivity contribution in [3.05, 3.63) is 0 Å². The van der Waals surface area contributed by atoms with Crippen molar-refractivity contribution in [2.24, 2.45) is 0 Å². The highest BCUT2D eigenvalue weighted by atomic mass is 16.5. The molecule has 0 aromatic rings. The number of carboxylic acid groups (broad SMARTS) is 1. The van der Waals surface area contributed by atoms with Crippen molar-refractivity contribution >= 4 is 11.9 Å². The number of likely N-dealkylation sites (tertiary alicyclic amines) is 1. The summed E-state index contributed by atoms with van der Waals surface area (Å²) in [6, 6.07) is -0.207. The van der Waals surface area contributed by atoms with Crippen molar-refractivity contribution in [3.63, 3.8) is 0 Å². The lowest BCUT2D eigenvalue weighted by atomic mass is 10.1. The molecule has 1 amide bonds. The average Bonchev–Trinajstić information content (AvgIpc) is 2.68. The molecule has 1 heterocycles. The monoisotopic (exact) mass is 243 g/mol. The summed E-state index contributed by atoms with van der Waals surface area (Å²) >= 11 is 0. The van der Waals surface area contributed by atoms with Crippen molar-refractivity contribution in [3.8, 4) is 0 Å². The Bertz CT molecular complexity index is 280. The Morgan fingerprint density at radius 1 is 1.47 bits per heavy atom. The van der Waals surface area contributed by atoms with E-state index in [4.69, 9.17) is 9.84 Å². The third-order valence-electron chi connectivity index (χ3n) is 3.18. The number of methoxy groups -OCH3 is 1. The Kier molecular flexibility index (Phi) is 5.41. The highest BCUT2D eigenvalue weighted by Gasteiger charge is 2.35. The van der Waals surface area contributed by atoms with E-state index < -0.39 is 5.97 Å². The number of ether oxygens (including phenoxy) is 1. The Morgan fingerprint density at radius 3 is 2.71 bits per heavy atom. The molecule has 2 atom stereocenters. The molecule has 2 unspecified atom stereocenters. The predicted molar refractivity (Wildman–Crippen MR) is 62.7 cm³/mol. The van der Waals surface area contributed by atoms with Crippen molar-refractivity contribution in [2.45, 2.75) is 51.2 Å². The first-order valence-corrected chi connectivity index (χ1v) is 6.12. The molecule has 17 heavy (non-hydrogen) atoms. The van der Waals surface area contributed by atoms with Crippen molar-refractivity contribution in [1.29, 1.82) is 0 Å². The number of nitrogens with zero attached hydrogens (tertiary/aromatic N) is 1. The second-order valence-electron chi connectivity index (χ2n) is 4.49. The van der Waals surface area contributed by atoms with Crippen LogP contribution in [0.25, 0.3) is 0 Å². The summed E-state index contributed by atoms with van der Waals surface area (Å²) in [5.74, 6) is -0.808. The van der Waals surface area contributed by atoms with Crippen molar-refractivity contribution in [2.75, 3.05) is 13.7 Å². The fraction of sp³-hybridized carbons (Fsp3) is 0.833. The van der Waals surface area contributed by atoms with Crippen molar-refractivity contribution < 1.29 is 19.4 Å². The minimum Gasteiger partial charge on any atom is -0.481 e. The number of rotatable bonds is 6. The quantitative estimate of drug-likeness (QED) is 0.762. The van der Waals surface area contributed by atoms with Gasteiger partial charge in [0.15, 0.2) is 0 Å². The van der Waals surface area contributed by atoms with Crippen LogP contribution < -0.4 is 0 Å². The lowest BCUT2D eigenvalue weighted by molar-refractivity contribution is -0.139. The van der Waals surface area contributed by atoms with Gasteiger partial charge in [-0.1, -0.05) is 13.3 Å². The Balaban J connectivity index is 2.59. The molecule has 1 saturated heterocycles. The van der Waals surface area contributed by atoms with Crippen LogP contribution in [0, 0.1) is 0 Å². The van der Waals surface area contributed by atoms with E-state index in [1.165, 1.54) is 0 Å². The third kappa shape index (κ3) is 4.00. The highest BCUT2D eigenvalue weighted by molar-refractivity contribution is 5.78. The Hall–Kier alpha value is -1.10. The van der Waals surface area contributed by atoms with E-state index in [-0.39, 0.29) is 24.5 Å². The molecule has 0 radical (unpaired) electrons. The van der Waals surface area contributed by atoms with Gasteiger partial charge in [0, 0.05) is 26.1 Å². The molecule has 1 aliphatic heterocycles. The first-order chi connectivity index (χ1) is 8.08. The number of carbonyl (C=O) groups is 2. The van der Waals surface area contributed by atoms with E-state index in [0.717, 1.165) is 12.8 Å². The van der Waals surface area contributed by atoms with E-state index >= 15 is 0 Å². The van der Waals surface area contributed by atoms with E-state index in [2.05, 4.69) is 0 Å². The zero-order valence-electron chi connectivity index (χ0n) is 10.5. The van der Waals surface area contributed by atoms with Gasteiger partial charge in [-0.05, 0) is 12.8 Å². The molecule has 0 bridgehead atoms. The van der Waals surface area contributed by atoms with Crippen molar-refractivity contribution in [1.82, 2.24) is 4.90 Å². The maximum absolute atomic E-state index is 11.9. The van der Waals surface area contributed by atoms with Gasteiger partial charge < -0.3 is 14.7 Å². The molecule has 1 N–H and O–H groups in total. The topological polar surface area (TPSA) is 66.8 Å². The van der Waals surface area contributed by atoms with Gasteiger partial charge in [-0.15, -0.1) is 0 Å². The molecular weight excluding hydrogens is 222 g/mol. The summed E-state index contributed by atoms with van der Waals surface area (Å²) in [5, 5.41) is 8.83. The normalized spacial score (nSPS) is 24.0. The molecular formula is C12H21NO4. The lowest BCUT2D eigenvalue weighted by Crippen LogP contribution is -2.37. The van der Waals surface area contributed by atoms with E-state index in [1.807, 2.05) is 6.92 Å². The first kappa shape index (κ1) is 14.0. The summed E-state index contributed by atoms with van der Waals surface area (Å²) in [7, 11) is 1.60. The summed E-state index contributed by atoms with van der Waals surface area (Å²) in [6.07, 6.45) is 2.94. The van der Waals surface area contributed by atoms with Gasteiger partial charge in [0.1, 0.15) is 0 Å². The van der Waals surface area contributed by atoms with Gasteiger partial charge in [-0.2, -0.15) is 0 Å². The SMILES string of the molecule is CCCCC(=O)N1CC(OC)CC1CC(=O)O. The first-order valence-electron chi connectivity index (χ1n) is 6.12.